The van der Waals surface area contributed by atoms with Gasteiger partial charge in [0, 0.05) is 16.1 Å². The van der Waals surface area contributed by atoms with Crippen LogP contribution in [0.1, 0.15) is 27.4 Å². The molecule has 4 rings (SSSR count). The summed E-state index contributed by atoms with van der Waals surface area (Å²) in [5.74, 6) is -2.90. The number of rotatable bonds is 5. The number of hydrogen-bond donors (Lipinski definition) is 2. The predicted octanol–water partition coefficient (Wildman–Crippen LogP) is 7.54. The van der Waals surface area contributed by atoms with Crippen LogP contribution >= 0.6 is 62.3 Å². The van der Waals surface area contributed by atoms with Crippen LogP contribution in [-0.2, 0) is 4.79 Å². The van der Waals surface area contributed by atoms with Gasteiger partial charge in [0.15, 0.2) is 0 Å². The van der Waals surface area contributed by atoms with Gasteiger partial charge in [0.2, 0.25) is 5.91 Å². The summed E-state index contributed by atoms with van der Waals surface area (Å²) in [5, 5.41) is 15.1. The summed E-state index contributed by atoms with van der Waals surface area (Å²) in [6.07, 6.45) is 0. The van der Waals surface area contributed by atoms with Crippen molar-refractivity contribution in [1.29, 1.82) is 5.26 Å². The van der Waals surface area contributed by atoms with Gasteiger partial charge in [0.25, 0.3) is 5.91 Å². The average Bonchev–Trinajstić information content (AvgIpc) is 3.39. The van der Waals surface area contributed by atoms with Gasteiger partial charge in [-0.1, -0.05) is 29.3 Å². The Labute approximate surface area is 228 Å². The van der Waals surface area contributed by atoms with Crippen LogP contribution in [0.2, 0.25) is 10.0 Å². The van der Waals surface area contributed by atoms with Crippen molar-refractivity contribution in [2.75, 3.05) is 10.6 Å². The van der Waals surface area contributed by atoms with E-state index in [2.05, 4.69) is 26.6 Å². The van der Waals surface area contributed by atoms with E-state index in [1.807, 2.05) is 6.07 Å². The third-order valence-corrected chi connectivity index (χ3v) is 7.95. The standard InChI is InChI=1S/C24H13BrCl4FN3O2/c25-16-8-11(1-4-18(16)27)20-21(24(20,28)29)23(35)32-14-3-5-17(26)15(9-14)22(34)33-19-6-2-13(30)7-12(19)10-31/h1-9,20-21H,(H,32,35)(H,33,34). The van der Waals surface area contributed by atoms with Crippen LogP contribution in [0, 0.1) is 23.1 Å². The second-order valence-corrected chi connectivity index (χ2v) is 10.9. The Balaban J connectivity index is 1.52. The number of nitrogens with zero attached hydrogens (tertiary/aromatic N) is 1. The van der Waals surface area contributed by atoms with Gasteiger partial charge >= 0.3 is 0 Å². The van der Waals surface area contributed by atoms with E-state index in [4.69, 9.17) is 46.4 Å². The highest BCUT2D eigenvalue weighted by Crippen LogP contribution is 2.65. The summed E-state index contributed by atoms with van der Waals surface area (Å²) in [4.78, 5) is 25.8. The van der Waals surface area contributed by atoms with E-state index >= 15 is 0 Å². The van der Waals surface area contributed by atoms with E-state index in [-0.39, 0.29) is 27.5 Å². The van der Waals surface area contributed by atoms with Crippen molar-refractivity contribution in [3.63, 3.8) is 0 Å². The second kappa shape index (κ2) is 9.96. The Morgan fingerprint density at radius 3 is 2.40 bits per heavy atom. The molecule has 0 bridgehead atoms. The number of nitriles is 1. The van der Waals surface area contributed by atoms with Crippen molar-refractivity contribution in [3.8, 4) is 6.07 Å². The van der Waals surface area contributed by atoms with Crippen LogP contribution in [0.15, 0.2) is 59.1 Å². The van der Waals surface area contributed by atoms with Gasteiger partial charge in [-0.3, -0.25) is 9.59 Å². The average molecular weight is 616 g/mol. The number of amides is 2. The molecule has 3 aromatic carbocycles. The second-order valence-electron chi connectivity index (χ2n) is 7.74. The van der Waals surface area contributed by atoms with E-state index in [0.29, 0.717) is 9.50 Å². The molecule has 0 spiro atoms. The van der Waals surface area contributed by atoms with Crippen molar-refractivity contribution in [2.45, 2.75) is 10.3 Å². The molecular formula is C24H13BrCl4FN3O2. The van der Waals surface area contributed by atoms with E-state index < -0.39 is 33.8 Å². The molecule has 0 saturated heterocycles. The SMILES string of the molecule is N#Cc1cc(F)ccc1NC(=O)c1cc(NC(=O)C2C(c3ccc(Cl)c(Br)c3)C2(Cl)Cl)ccc1Cl. The Bertz CT molecular complexity index is 1410. The summed E-state index contributed by atoms with van der Waals surface area (Å²) in [6.45, 7) is 0. The van der Waals surface area contributed by atoms with E-state index in [1.165, 1.54) is 24.3 Å². The van der Waals surface area contributed by atoms with Crippen LogP contribution in [0.25, 0.3) is 0 Å². The lowest BCUT2D eigenvalue weighted by atomic mass is 10.1. The molecular weight excluding hydrogens is 603 g/mol. The number of nitrogens with one attached hydrogen (secondary N) is 2. The third-order valence-electron chi connectivity index (χ3n) is 5.47. The van der Waals surface area contributed by atoms with Crippen molar-refractivity contribution in [3.05, 3.63) is 91.6 Å². The minimum Gasteiger partial charge on any atom is -0.326 e. The molecule has 5 nitrogen and oxygen atoms in total. The number of anilines is 2. The summed E-state index contributed by atoms with van der Waals surface area (Å²) >= 11 is 28.4. The Morgan fingerprint density at radius 1 is 1.00 bits per heavy atom. The van der Waals surface area contributed by atoms with Crippen molar-refractivity contribution >= 4 is 85.5 Å². The molecule has 1 aliphatic carbocycles. The fraction of sp³-hybridized carbons (Fsp3) is 0.125. The van der Waals surface area contributed by atoms with Crippen LogP contribution < -0.4 is 10.6 Å². The quantitative estimate of drug-likeness (QED) is 0.291. The number of benzene rings is 3. The van der Waals surface area contributed by atoms with Gasteiger partial charge in [-0.25, -0.2) is 4.39 Å². The maximum atomic E-state index is 13.4. The van der Waals surface area contributed by atoms with Crippen molar-refractivity contribution in [2.24, 2.45) is 5.92 Å². The van der Waals surface area contributed by atoms with Gasteiger partial charge < -0.3 is 10.6 Å². The van der Waals surface area contributed by atoms with Gasteiger partial charge in [-0.05, 0) is 70.0 Å². The number of carbonyl (C=O) groups excluding carboxylic acids is 2. The first kappa shape index (κ1) is 25.7. The zero-order chi connectivity index (χ0) is 25.5. The van der Waals surface area contributed by atoms with E-state index in [1.54, 1.807) is 18.2 Å². The summed E-state index contributed by atoms with van der Waals surface area (Å²) < 4.78 is 12.7. The van der Waals surface area contributed by atoms with Crippen LogP contribution in [-0.4, -0.2) is 16.1 Å². The molecule has 1 saturated carbocycles. The maximum Gasteiger partial charge on any atom is 0.257 e. The fourth-order valence-electron chi connectivity index (χ4n) is 3.68. The molecule has 2 amide bonds. The molecule has 11 heteroatoms. The van der Waals surface area contributed by atoms with E-state index in [9.17, 15) is 19.2 Å². The number of hydrogen-bond acceptors (Lipinski definition) is 3. The van der Waals surface area contributed by atoms with Crippen molar-refractivity contribution in [1.82, 2.24) is 0 Å². The molecule has 3 aromatic rings. The highest BCUT2D eigenvalue weighted by atomic mass is 79.9. The first-order valence-electron chi connectivity index (χ1n) is 9.97. The molecule has 178 valence electrons. The van der Waals surface area contributed by atoms with Gasteiger partial charge in [0.05, 0.1) is 32.8 Å². The third kappa shape index (κ3) is 5.28. The summed E-state index contributed by atoms with van der Waals surface area (Å²) in [5.41, 5.74) is 1.14. The molecule has 0 heterocycles. The van der Waals surface area contributed by atoms with Gasteiger partial charge in [-0.2, -0.15) is 5.26 Å². The zero-order valence-electron chi connectivity index (χ0n) is 17.4. The first-order chi connectivity index (χ1) is 16.5. The van der Waals surface area contributed by atoms with Gasteiger partial charge in [0.1, 0.15) is 16.2 Å². The molecule has 2 N–H and O–H groups in total. The first-order valence-corrected chi connectivity index (χ1v) is 12.3. The number of carbonyl (C=O) groups is 2. The lowest BCUT2D eigenvalue weighted by molar-refractivity contribution is -0.117. The summed E-state index contributed by atoms with van der Waals surface area (Å²) in [7, 11) is 0. The number of halogens is 6. The highest BCUT2D eigenvalue weighted by Gasteiger charge is 2.67. The lowest BCUT2D eigenvalue weighted by Gasteiger charge is -2.11. The van der Waals surface area contributed by atoms with Crippen LogP contribution in [0.5, 0.6) is 0 Å². The monoisotopic (exact) mass is 613 g/mol. The Kier molecular flexibility index (Phi) is 7.33. The van der Waals surface area contributed by atoms with E-state index in [0.717, 1.165) is 17.7 Å². The Hall–Kier alpha value is -2.34. The molecule has 2 atom stereocenters. The molecule has 0 aromatic heterocycles. The normalized spacial score (nSPS) is 17.9. The Morgan fingerprint density at radius 2 is 1.71 bits per heavy atom. The molecule has 2 unspecified atom stereocenters. The minimum absolute atomic E-state index is 0.0367. The van der Waals surface area contributed by atoms with Crippen molar-refractivity contribution < 1.29 is 14.0 Å². The highest BCUT2D eigenvalue weighted by molar-refractivity contribution is 9.10. The summed E-state index contributed by atoms with van der Waals surface area (Å²) in [6, 6.07) is 14.7. The molecule has 1 fully saturated rings. The lowest BCUT2D eigenvalue weighted by Crippen LogP contribution is -2.18. The molecule has 35 heavy (non-hydrogen) atoms. The van der Waals surface area contributed by atoms with Crippen LogP contribution in [0.3, 0.4) is 0 Å². The smallest absolute Gasteiger partial charge is 0.257 e. The topological polar surface area (TPSA) is 82.0 Å². The fourth-order valence-corrected chi connectivity index (χ4v) is 5.22. The minimum atomic E-state index is -1.32. The molecule has 0 radical (unpaired) electrons. The molecule has 0 aliphatic heterocycles. The molecule has 1 aliphatic rings. The number of alkyl halides is 2. The van der Waals surface area contributed by atoms with Gasteiger partial charge in [-0.15, -0.1) is 23.2 Å². The van der Waals surface area contributed by atoms with Crippen LogP contribution in [0.4, 0.5) is 15.8 Å². The largest absolute Gasteiger partial charge is 0.326 e. The zero-order valence-corrected chi connectivity index (χ0v) is 22.0. The predicted molar refractivity (Wildman–Crippen MR) is 139 cm³/mol. The maximum absolute atomic E-state index is 13.4.